The third kappa shape index (κ3) is 6.06. The highest BCUT2D eigenvalue weighted by Crippen LogP contribution is 2.19. The number of sulfonamides is 1. The number of nitrogens with zero attached hydrogens (tertiary/aromatic N) is 1. The fourth-order valence-electron chi connectivity index (χ4n) is 2.70. The number of amides is 1. The number of carbonyl (C=O) groups excluding carboxylic acids is 1. The lowest BCUT2D eigenvalue weighted by molar-refractivity contribution is -0.115. The number of benzene rings is 2. The Labute approximate surface area is 166 Å². The van der Waals surface area contributed by atoms with Crippen molar-refractivity contribution < 1.29 is 13.2 Å². The molecule has 0 aliphatic heterocycles. The highest BCUT2D eigenvalue weighted by molar-refractivity contribution is 7.89. The summed E-state index contributed by atoms with van der Waals surface area (Å²) < 4.78 is 27.0. The van der Waals surface area contributed by atoms with E-state index in [4.69, 9.17) is 11.6 Å². The zero-order valence-electron chi connectivity index (χ0n) is 15.6. The summed E-state index contributed by atoms with van der Waals surface area (Å²) in [6, 6.07) is 13.4. The molecule has 5 nitrogen and oxygen atoms in total. The van der Waals surface area contributed by atoms with Gasteiger partial charge >= 0.3 is 0 Å². The van der Waals surface area contributed by atoms with Gasteiger partial charge in [-0.2, -0.15) is 4.31 Å². The molecular formula is C20H25ClN2O3S. The molecule has 0 aromatic heterocycles. The second kappa shape index (κ2) is 9.88. The predicted octanol–water partition coefficient (Wildman–Crippen LogP) is 4.33. The summed E-state index contributed by atoms with van der Waals surface area (Å²) in [5.41, 5.74) is 1.41. The molecular weight excluding hydrogens is 384 g/mol. The second-order valence-corrected chi connectivity index (χ2v) is 8.65. The summed E-state index contributed by atoms with van der Waals surface area (Å²) in [5.74, 6) is -0.175. The molecule has 0 unspecified atom stereocenters. The lowest BCUT2D eigenvalue weighted by atomic mass is 10.1. The molecule has 0 saturated carbocycles. The Morgan fingerprint density at radius 1 is 0.963 bits per heavy atom. The lowest BCUT2D eigenvalue weighted by Crippen LogP contribution is -2.32. The molecule has 0 aliphatic carbocycles. The Balaban J connectivity index is 2.05. The second-order valence-electron chi connectivity index (χ2n) is 6.28. The van der Waals surface area contributed by atoms with Crippen molar-refractivity contribution in [3.8, 4) is 0 Å². The van der Waals surface area contributed by atoms with Gasteiger partial charge in [0.1, 0.15) is 0 Å². The maximum atomic E-state index is 12.7. The topological polar surface area (TPSA) is 66.5 Å². The van der Waals surface area contributed by atoms with Crippen LogP contribution in [-0.2, 0) is 21.2 Å². The van der Waals surface area contributed by atoms with E-state index in [0.29, 0.717) is 23.8 Å². The zero-order chi connectivity index (χ0) is 19.9. The fraction of sp³-hybridized carbons (Fsp3) is 0.350. The van der Waals surface area contributed by atoms with Gasteiger partial charge in [-0.05, 0) is 54.8 Å². The van der Waals surface area contributed by atoms with Gasteiger partial charge < -0.3 is 5.32 Å². The predicted molar refractivity (Wildman–Crippen MR) is 110 cm³/mol. The Kier molecular flexibility index (Phi) is 7.83. The molecule has 0 spiro atoms. The molecule has 2 aromatic carbocycles. The minimum atomic E-state index is -3.52. The molecule has 0 atom stereocenters. The Morgan fingerprint density at radius 2 is 1.52 bits per heavy atom. The number of anilines is 1. The van der Waals surface area contributed by atoms with Crippen molar-refractivity contribution in [3.05, 3.63) is 59.1 Å². The lowest BCUT2D eigenvalue weighted by Gasteiger charge is -2.21. The third-order valence-corrected chi connectivity index (χ3v) is 6.16. The first kappa shape index (κ1) is 21.4. The summed E-state index contributed by atoms with van der Waals surface area (Å²) in [6.45, 7) is 4.90. The van der Waals surface area contributed by atoms with Gasteiger partial charge in [0, 0.05) is 23.8 Å². The first-order chi connectivity index (χ1) is 12.9. The highest BCUT2D eigenvalue weighted by atomic mass is 35.5. The van der Waals surface area contributed by atoms with Gasteiger partial charge in [0.2, 0.25) is 15.9 Å². The van der Waals surface area contributed by atoms with Crippen LogP contribution in [-0.4, -0.2) is 31.7 Å². The van der Waals surface area contributed by atoms with E-state index >= 15 is 0 Å². The summed E-state index contributed by atoms with van der Waals surface area (Å²) in [5, 5.41) is 3.40. The molecule has 1 amide bonds. The van der Waals surface area contributed by atoms with Gasteiger partial charge in [0.15, 0.2) is 0 Å². The van der Waals surface area contributed by atoms with Crippen molar-refractivity contribution in [2.45, 2.75) is 38.0 Å². The standard InChI is InChI=1S/C20H25ClN2O3S/c1-3-13-23(14-4-2)27(25,26)19-11-9-18(10-12-19)22-20(24)15-16-5-7-17(21)8-6-16/h5-12H,3-4,13-15H2,1-2H3,(H,22,24). The first-order valence-electron chi connectivity index (χ1n) is 9.01. The Hall–Kier alpha value is -1.89. The molecule has 7 heteroatoms. The average molecular weight is 409 g/mol. The van der Waals surface area contributed by atoms with Crippen molar-refractivity contribution in [2.75, 3.05) is 18.4 Å². The fourth-order valence-corrected chi connectivity index (χ4v) is 4.45. The van der Waals surface area contributed by atoms with E-state index in [1.807, 2.05) is 13.8 Å². The van der Waals surface area contributed by atoms with Crippen LogP contribution in [0.2, 0.25) is 5.02 Å². The summed E-state index contributed by atoms with van der Waals surface area (Å²) in [4.78, 5) is 12.4. The van der Waals surface area contributed by atoms with Crippen LogP contribution < -0.4 is 5.32 Å². The largest absolute Gasteiger partial charge is 0.326 e. The zero-order valence-corrected chi connectivity index (χ0v) is 17.2. The Morgan fingerprint density at radius 3 is 2.04 bits per heavy atom. The van der Waals surface area contributed by atoms with Gasteiger partial charge in [-0.25, -0.2) is 8.42 Å². The SMILES string of the molecule is CCCN(CCC)S(=O)(=O)c1ccc(NC(=O)Cc2ccc(Cl)cc2)cc1. The molecule has 0 aliphatic rings. The minimum absolute atomic E-state index is 0.175. The maximum absolute atomic E-state index is 12.7. The molecule has 1 N–H and O–H groups in total. The molecule has 146 valence electrons. The molecule has 0 bridgehead atoms. The van der Waals surface area contributed by atoms with E-state index < -0.39 is 10.0 Å². The van der Waals surface area contributed by atoms with Gasteiger partial charge in [-0.3, -0.25) is 4.79 Å². The number of carbonyl (C=O) groups is 1. The van der Waals surface area contributed by atoms with Crippen LogP contribution in [0.4, 0.5) is 5.69 Å². The summed E-state index contributed by atoms with van der Waals surface area (Å²) in [7, 11) is -3.52. The van der Waals surface area contributed by atoms with Crippen LogP contribution in [0.5, 0.6) is 0 Å². The monoisotopic (exact) mass is 408 g/mol. The molecule has 0 radical (unpaired) electrons. The number of hydrogen-bond donors (Lipinski definition) is 1. The van der Waals surface area contributed by atoms with Crippen molar-refractivity contribution in [1.82, 2.24) is 4.31 Å². The van der Waals surface area contributed by atoms with Crippen LogP contribution in [0.15, 0.2) is 53.4 Å². The van der Waals surface area contributed by atoms with Crippen LogP contribution in [0.3, 0.4) is 0 Å². The average Bonchev–Trinajstić information content (AvgIpc) is 2.64. The number of halogens is 1. The van der Waals surface area contributed by atoms with Gasteiger partial charge in [-0.15, -0.1) is 0 Å². The van der Waals surface area contributed by atoms with Gasteiger partial charge in [-0.1, -0.05) is 37.6 Å². The van der Waals surface area contributed by atoms with E-state index in [9.17, 15) is 13.2 Å². The molecule has 0 saturated heterocycles. The smallest absolute Gasteiger partial charge is 0.243 e. The van der Waals surface area contributed by atoms with Crippen molar-refractivity contribution in [3.63, 3.8) is 0 Å². The molecule has 27 heavy (non-hydrogen) atoms. The molecule has 2 aromatic rings. The molecule has 0 fully saturated rings. The van der Waals surface area contributed by atoms with E-state index in [1.54, 1.807) is 36.4 Å². The first-order valence-corrected chi connectivity index (χ1v) is 10.8. The van der Waals surface area contributed by atoms with Crippen LogP contribution in [0.25, 0.3) is 0 Å². The normalized spacial score (nSPS) is 11.6. The Bertz CT molecular complexity index is 844. The van der Waals surface area contributed by atoms with E-state index in [-0.39, 0.29) is 17.2 Å². The van der Waals surface area contributed by atoms with Crippen LogP contribution in [0, 0.1) is 0 Å². The number of nitrogens with one attached hydrogen (secondary N) is 1. The van der Waals surface area contributed by atoms with Gasteiger partial charge in [0.05, 0.1) is 11.3 Å². The van der Waals surface area contributed by atoms with E-state index in [2.05, 4.69) is 5.32 Å². The maximum Gasteiger partial charge on any atom is 0.243 e. The molecule has 2 rings (SSSR count). The minimum Gasteiger partial charge on any atom is -0.326 e. The van der Waals surface area contributed by atoms with Crippen molar-refractivity contribution in [1.29, 1.82) is 0 Å². The number of hydrogen-bond acceptors (Lipinski definition) is 3. The van der Waals surface area contributed by atoms with E-state index in [0.717, 1.165) is 18.4 Å². The van der Waals surface area contributed by atoms with Crippen LogP contribution >= 0.6 is 11.6 Å². The quantitative estimate of drug-likeness (QED) is 0.671. The summed E-state index contributed by atoms with van der Waals surface area (Å²) >= 11 is 5.84. The van der Waals surface area contributed by atoms with Crippen molar-refractivity contribution in [2.24, 2.45) is 0 Å². The summed E-state index contributed by atoms with van der Waals surface area (Å²) in [6.07, 6.45) is 1.74. The molecule has 0 heterocycles. The third-order valence-electron chi connectivity index (χ3n) is 4.00. The van der Waals surface area contributed by atoms with Crippen LogP contribution in [0.1, 0.15) is 32.3 Å². The van der Waals surface area contributed by atoms with E-state index in [1.165, 1.54) is 16.4 Å². The van der Waals surface area contributed by atoms with Gasteiger partial charge in [0.25, 0.3) is 0 Å². The highest BCUT2D eigenvalue weighted by Gasteiger charge is 2.22. The van der Waals surface area contributed by atoms with Crippen molar-refractivity contribution >= 4 is 33.2 Å². The number of rotatable bonds is 9.